The van der Waals surface area contributed by atoms with Crippen molar-refractivity contribution in [2.24, 2.45) is 16.8 Å². The maximum atomic E-state index is 13.1. The first-order valence-electron chi connectivity index (χ1n) is 11.9. The van der Waals surface area contributed by atoms with Crippen molar-refractivity contribution in [1.82, 2.24) is 15.6 Å². The van der Waals surface area contributed by atoms with E-state index in [2.05, 4.69) is 20.6 Å². The number of aliphatic imine (C=N–C) groups is 1. The maximum absolute atomic E-state index is 13.1. The van der Waals surface area contributed by atoms with Crippen molar-refractivity contribution < 1.29 is 23.9 Å². The Kier molecular flexibility index (Phi) is 10.5. The Morgan fingerprint density at radius 3 is 2.83 bits per heavy atom. The number of fused-ring (bicyclic) bond motifs is 11. The molecular formula is C25H32N4O5S2. The fourth-order valence-corrected chi connectivity index (χ4v) is 5.23. The number of amides is 2. The van der Waals surface area contributed by atoms with Gasteiger partial charge < -0.3 is 15.4 Å². The molecule has 0 spiro atoms. The minimum atomic E-state index is -0.852. The third kappa shape index (κ3) is 8.48. The third-order valence-corrected chi connectivity index (χ3v) is 7.64. The second kappa shape index (κ2) is 13.6. The Labute approximate surface area is 219 Å². The van der Waals surface area contributed by atoms with Crippen molar-refractivity contribution in [2.45, 2.75) is 52.3 Å². The molecule has 0 saturated carbocycles. The van der Waals surface area contributed by atoms with E-state index in [1.54, 1.807) is 18.3 Å². The number of nitrogens with one attached hydrogen (secondary N) is 2. The number of nitrogens with zero attached hydrogens (tertiary/aromatic N) is 2. The zero-order valence-electron chi connectivity index (χ0n) is 20.7. The van der Waals surface area contributed by atoms with E-state index < -0.39 is 18.1 Å². The molecule has 2 amide bonds. The Hall–Kier alpha value is -2.66. The Balaban J connectivity index is 1.83. The summed E-state index contributed by atoms with van der Waals surface area (Å²) in [4.78, 5) is 58.8. The molecular weight excluding hydrogens is 500 g/mol. The molecule has 4 heterocycles. The topological polar surface area (TPSA) is 127 Å². The highest BCUT2D eigenvalue weighted by Gasteiger charge is 2.32. The molecule has 3 aliphatic rings. The van der Waals surface area contributed by atoms with E-state index in [-0.39, 0.29) is 41.7 Å². The van der Waals surface area contributed by atoms with Crippen molar-refractivity contribution in [1.29, 1.82) is 0 Å². The van der Waals surface area contributed by atoms with Crippen LogP contribution in [-0.2, 0) is 30.5 Å². The number of hydrogen-bond acceptors (Lipinski definition) is 9. The molecule has 194 valence electrons. The summed E-state index contributed by atoms with van der Waals surface area (Å²) in [6.07, 6.45) is 4.83. The minimum absolute atomic E-state index is 0.0288. The lowest BCUT2D eigenvalue weighted by molar-refractivity contribution is -0.153. The molecule has 2 N–H and O–H groups in total. The molecule has 0 saturated heterocycles. The maximum Gasteiger partial charge on any atom is 0.329 e. The van der Waals surface area contributed by atoms with Crippen molar-refractivity contribution >= 4 is 51.5 Å². The highest BCUT2D eigenvalue weighted by atomic mass is 32.2. The quantitative estimate of drug-likeness (QED) is 0.336. The molecule has 0 fully saturated rings. The number of hydrogen-bond donors (Lipinski definition) is 2. The number of rotatable bonds is 5. The number of pyridine rings is 1. The standard InChI is InChI=1S/C25H32N4O5S2/c1-15(2)22-25(33)34-20(6-4-5-9-35-16(3)30)11-21(31)27-13-19-10-17(7-8-26-19)24-28-12-18(14-36-24)23(32)29-22/h4,6-8,10,15,18,20,22H,5,9,11-14H2,1-3H3,(H,27,31)(H,29,32)/b6-4+/t18?,20-,22+/m1/s1. The van der Waals surface area contributed by atoms with Crippen LogP contribution in [0.5, 0.6) is 0 Å². The number of thioether (sulfide) groups is 2. The van der Waals surface area contributed by atoms with Crippen LogP contribution in [0.3, 0.4) is 0 Å². The van der Waals surface area contributed by atoms with Gasteiger partial charge in [0, 0.05) is 30.2 Å². The molecule has 0 radical (unpaired) electrons. The van der Waals surface area contributed by atoms with E-state index in [1.165, 1.54) is 30.4 Å². The van der Waals surface area contributed by atoms with E-state index in [4.69, 9.17) is 4.74 Å². The SMILES string of the molecule is CC(=O)SCC/C=C/[C@@H]1CC(=O)NCc2cc(ccn2)C2=NCC(CS2)C(=O)N[C@@H](C(C)C)C(=O)O1. The molecule has 0 aliphatic carbocycles. The lowest BCUT2D eigenvalue weighted by atomic mass is 10.0. The summed E-state index contributed by atoms with van der Waals surface area (Å²) in [5, 5.41) is 6.53. The van der Waals surface area contributed by atoms with Crippen LogP contribution in [0.15, 0.2) is 35.5 Å². The van der Waals surface area contributed by atoms with Gasteiger partial charge in [0.05, 0.1) is 36.2 Å². The van der Waals surface area contributed by atoms with Crippen LogP contribution in [0.2, 0.25) is 0 Å². The second-order valence-electron chi connectivity index (χ2n) is 8.93. The van der Waals surface area contributed by atoms with Crippen LogP contribution in [-0.4, -0.2) is 63.1 Å². The van der Waals surface area contributed by atoms with Crippen LogP contribution in [0.1, 0.15) is 44.9 Å². The van der Waals surface area contributed by atoms with Gasteiger partial charge in [-0.25, -0.2) is 4.79 Å². The molecule has 4 bridgehead atoms. The molecule has 4 rings (SSSR count). The fraction of sp³-hybridized carbons (Fsp3) is 0.520. The summed E-state index contributed by atoms with van der Waals surface area (Å²) >= 11 is 2.69. The van der Waals surface area contributed by atoms with Gasteiger partial charge in [0.15, 0.2) is 5.12 Å². The molecule has 0 aromatic carbocycles. The third-order valence-electron chi connectivity index (χ3n) is 5.59. The molecule has 36 heavy (non-hydrogen) atoms. The highest BCUT2D eigenvalue weighted by molar-refractivity contribution is 8.14. The Bertz CT molecular complexity index is 1040. The van der Waals surface area contributed by atoms with E-state index >= 15 is 0 Å². The summed E-state index contributed by atoms with van der Waals surface area (Å²) in [7, 11) is 0. The van der Waals surface area contributed by atoms with Crippen LogP contribution in [0.25, 0.3) is 0 Å². The average molecular weight is 533 g/mol. The number of allylic oxidation sites excluding steroid dienone is 1. The number of esters is 1. The van der Waals surface area contributed by atoms with Crippen LogP contribution >= 0.6 is 23.5 Å². The number of ether oxygens (including phenoxy) is 1. The van der Waals surface area contributed by atoms with Crippen molar-refractivity contribution in [3.8, 4) is 0 Å². The van der Waals surface area contributed by atoms with Gasteiger partial charge >= 0.3 is 5.97 Å². The van der Waals surface area contributed by atoms with Crippen LogP contribution in [0.4, 0.5) is 0 Å². The van der Waals surface area contributed by atoms with Gasteiger partial charge in [-0.1, -0.05) is 31.7 Å². The molecule has 11 heteroatoms. The number of carbonyl (C=O) groups is 4. The monoisotopic (exact) mass is 532 g/mol. The predicted octanol–water partition coefficient (Wildman–Crippen LogP) is 2.49. The summed E-state index contributed by atoms with van der Waals surface area (Å²) in [6.45, 7) is 5.72. The molecule has 1 aromatic rings. The van der Waals surface area contributed by atoms with Crippen LogP contribution < -0.4 is 10.6 Å². The van der Waals surface area contributed by atoms with Gasteiger partial charge in [0.25, 0.3) is 0 Å². The van der Waals surface area contributed by atoms with Crippen LogP contribution in [0, 0.1) is 11.8 Å². The smallest absolute Gasteiger partial charge is 0.329 e. The fourth-order valence-electron chi connectivity index (χ4n) is 3.62. The lowest BCUT2D eigenvalue weighted by Crippen LogP contribution is -2.49. The van der Waals surface area contributed by atoms with Gasteiger partial charge in [-0.15, -0.1) is 11.8 Å². The normalized spacial score (nSPS) is 23.6. The molecule has 1 aromatic heterocycles. The molecule has 3 aliphatic heterocycles. The summed E-state index contributed by atoms with van der Waals surface area (Å²) < 4.78 is 5.70. The van der Waals surface area contributed by atoms with Gasteiger partial charge in [-0.3, -0.25) is 24.4 Å². The van der Waals surface area contributed by atoms with Crippen molar-refractivity contribution in [3.05, 3.63) is 41.7 Å². The van der Waals surface area contributed by atoms with Crippen molar-refractivity contribution in [3.63, 3.8) is 0 Å². The predicted molar refractivity (Wildman–Crippen MR) is 142 cm³/mol. The largest absolute Gasteiger partial charge is 0.456 e. The van der Waals surface area contributed by atoms with Gasteiger partial charge in [-0.05, 0) is 30.5 Å². The molecule has 3 atom stereocenters. The van der Waals surface area contributed by atoms with E-state index in [1.807, 2.05) is 26.0 Å². The highest BCUT2D eigenvalue weighted by Crippen LogP contribution is 2.24. The van der Waals surface area contributed by atoms with Crippen molar-refractivity contribution in [2.75, 3.05) is 18.1 Å². The summed E-state index contributed by atoms with van der Waals surface area (Å²) in [5.41, 5.74) is 1.57. The van der Waals surface area contributed by atoms with Gasteiger partial charge in [0.1, 0.15) is 12.1 Å². The second-order valence-corrected chi connectivity index (χ2v) is 11.2. The molecule has 1 unspecified atom stereocenters. The zero-order chi connectivity index (χ0) is 26.1. The van der Waals surface area contributed by atoms with E-state index in [0.29, 0.717) is 30.2 Å². The zero-order valence-corrected chi connectivity index (χ0v) is 22.3. The summed E-state index contributed by atoms with van der Waals surface area (Å²) in [6, 6.07) is 2.89. The van der Waals surface area contributed by atoms with Gasteiger partial charge in [-0.2, -0.15) is 0 Å². The number of carbonyl (C=O) groups excluding carboxylic acids is 4. The van der Waals surface area contributed by atoms with Gasteiger partial charge in [0.2, 0.25) is 11.8 Å². The minimum Gasteiger partial charge on any atom is -0.456 e. The molecule has 9 nitrogen and oxygen atoms in total. The van der Waals surface area contributed by atoms with E-state index in [0.717, 1.165) is 10.6 Å². The number of aromatic nitrogens is 1. The Morgan fingerprint density at radius 2 is 2.14 bits per heavy atom. The van der Waals surface area contributed by atoms with E-state index in [9.17, 15) is 19.2 Å². The first kappa shape index (κ1) is 27.9. The Morgan fingerprint density at radius 1 is 1.33 bits per heavy atom. The summed E-state index contributed by atoms with van der Waals surface area (Å²) in [5.74, 6) is -0.572. The lowest BCUT2D eigenvalue weighted by Gasteiger charge is -2.26. The average Bonchev–Trinajstić information content (AvgIpc) is 2.85. The first-order chi connectivity index (χ1) is 17.2. The first-order valence-corrected chi connectivity index (χ1v) is 13.9.